The van der Waals surface area contributed by atoms with Crippen LogP contribution in [0, 0.1) is 32.1 Å². The fourth-order valence-corrected chi connectivity index (χ4v) is 5.15. The van der Waals surface area contributed by atoms with E-state index in [0.717, 1.165) is 40.9 Å². The van der Waals surface area contributed by atoms with Gasteiger partial charge in [0, 0.05) is 23.4 Å². The standard InChI is InChI=1S/C27H27N3O2S/c1-16-7-10-19(11-8-16)25-21(14-28)27(30-22-5-4-6-23(31)26(22)25)33-15-24(32)29-20-12-9-17(2)18(3)13-20/h7-13,25,30H,4-6,15H2,1-3H3,(H,29,32)/t25-/m1/s1. The molecule has 1 atom stereocenters. The summed E-state index contributed by atoms with van der Waals surface area (Å²) in [6.45, 7) is 6.06. The van der Waals surface area contributed by atoms with E-state index in [0.29, 0.717) is 22.6 Å². The Kier molecular flexibility index (Phi) is 6.71. The number of ketones is 1. The predicted octanol–water partition coefficient (Wildman–Crippen LogP) is 5.41. The van der Waals surface area contributed by atoms with E-state index in [2.05, 4.69) is 16.7 Å². The number of aryl methyl sites for hydroxylation is 3. The Morgan fingerprint density at radius 1 is 1.12 bits per heavy atom. The number of thioether (sulfide) groups is 1. The van der Waals surface area contributed by atoms with Crippen molar-refractivity contribution in [2.45, 2.75) is 46.0 Å². The number of nitrogens with zero attached hydrogens (tertiary/aromatic N) is 1. The number of rotatable bonds is 5. The van der Waals surface area contributed by atoms with E-state index in [9.17, 15) is 14.9 Å². The summed E-state index contributed by atoms with van der Waals surface area (Å²) in [4.78, 5) is 25.5. The van der Waals surface area contributed by atoms with Crippen LogP contribution in [0.5, 0.6) is 0 Å². The fourth-order valence-electron chi connectivity index (χ4n) is 4.28. The van der Waals surface area contributed by atoms with Crippen LogP contribution in [0.15, 0.2) is 64.3 Å². The Hall–Kier alpha value is -3.30. The van der Waals surface area contributed by atoms with Crippen LogP contribution in [0.2, 0.25) is 0 Å². The topological polar surface area (TPSA) is 82.0 Å². The minimum Gasteiger partial charge on any atom is -0.352 e. The molecule has 2 aliphatic rings. The zero-order valence-electron chi connectivity index (χ0n) is 19.1. The number of carbonyl (C=O) groups excluding carboxylic acids is 2. The van der Waals surface area contributed by atoms with Gasteiger partial charge < -0.3 is 10.6 Å². The second-order valence-corrected chi connectivity index (χ2v) is 9.61. The Labute approximate surface area is 199 Å². The van der Waals surface area contributed by atoms with Crippen molar-refractivity contribution in [3.8, 4) is 6.07 Å². The molecule has 33 heavy (non-hydrogen) atoms. The van der Waals surface area contributed by atoms with Gasteiger partial charge in [0.05, 0.1) is 28.3 Å². The van der Waals surface area contributed by atoms with Crippen molar-refractivity contribution in [1.82, 2.24) is 5.32 Å². The van der Waals surface area contributed by atoms with Gasteiger partial charge in [-0.05, 0) is 62.4 Å². The van der Waals surface area contributed by atoms with Gasteiger partial charge in [0.15, 0.2) is 5.78 Å². The Morgan fingerprint density at radius 3 is 2.58 bits per heavy atom. The largest absolute Gasteiger partial charge is 0.352 e. The van der Waals surface area contributed by atoms with Crippen molar-refractivity contribution in [2.24, 2.45) is 0 Å². The number of nitrogens with one attached hydrogen (secondary N) is 2. The molecule has 0 saturated carbocycles. The number of allylic oxidation sites excluding steroid dienone is 3. The first-order chi connectivity index (χ1) is 15.9. The maximum absolute atomic E-state index is 12.9. The molecular weight excluding hydrogens is 430 g/mol. The van der Waals surface area contributed by atoms with Gasteiger partial charge in [-0.15, -0.1) is 0 Å². The van der Waals surface area contributed by atoms with E-state index >= 15 is 0 Å². The highest BCUT2D eigenvalue weighted by Crippen LogP contribution is 2.44. The Morgan fingerprint density at radius 2 is 1.88 bits per heavy atom. The number of carbonyl (C=O) groups is 2. The van der Waals surface area contributed by atoms with Gasteiger partial charge in [0.25, 0.3) is 0 Å². The number of amides is 1. The fraction of sp³-hybridized carbons (Fsp3) is 0.296. The molecule has 4 rings (SSSR count). The first kappa shape index (κ1) is 22.9. The molecule has 2 aromatic carbocycles. The minimum atomic E-state index is -0.398. The van der Waals surface area contributed by atoms with Crippen LogP contribution in [0.4, 0.5) is 5.69 Å². The Balaban J connectivity index is 1.59. The Bertz CT molecular complexity index is 1220. The summed E-state index contributed by atoms with van der Waals surface area (Å²) in [7, 11) is 0. The smallest absolute Gasteiger partial charge is 0.234 e. The molecule has 0 saturated heterocycles. The quantitative estimate of drug-likeness (QED) is 0.627. The number of anilines is 1. The van der Waals surface area contributed by atoms with Crippen LogP contribution in [0.25, 0.3) is 0 Å². The number of nitriles is 1. The molecule has 1 aliphatic heterocycles. The summed E-state index contributed by atoms with van der Waals surface area (Å²) in [5.41, 5.74) is 7.18. The second kappa shape index (κ2) is 9.68. The summed E-state index contributed by atoms with van der Waals surface area (Å²) in [5, 5.41) is 17.0. The SMILES string of the molecule is Cc1ccc([C@@H]2C(C#N)=C(SCC(=O)Nc3ccc(C)c(C)c3)NC3=C2C(=O)CCC3)cc1. The van der Waals surface area contributed by atoms with Gasteiger partial charge in [-0.1, -0.05) is 47.7 Å². The van der Waals surface area contributed by atoms with Crippen LogP contribution in [0.3, 0.4) is 0 Å². The van der Waals surface area contributed by atoms with Gasteiger partial charge in [-0.25, -0.2) is 0 Å². The first-order valence-corrected chi connectivity index (χ1v) is 12.1. The lowest BCUT2D eigenvalue weighted by Gasteiger charge is -2.33. The molecule has 0 bridgehead atoms. The van der Waals surface area contributed by atoms with Crippen molar-refractivity contribution in [3.63, 3.8) is 0 Å². The highest BCUT2D eigenvalue weighted by atomic mass is 32.2. The molecule has 2 aromatic rings. The third-order valence-corrected chi connectivity index (χ3v) is 7.23. The summed E-state index contributed by atoms with van der Waals surface area (Å²) in [6, 6.07) is 16.2. The summed E-state index contributed by atoms with van der Waals surface area (Å²) in [6.07, 6.45) is 2.06. The lowest BCUT2D eigenvalue weighted by atomic mass is 9.77. The number of dihydropyridines is 1. The van der Waals surface area contributed by atoms with Gasteiger partial charge in [-0.2, -0.15) is 5.26 Å². The molecule has 0 radical (unpaired) electrons. The first-order valence-electron chi connectivity index (χ1n) is 11.1. The third kappa shape index (κ3) is 4.89. The van der Waals surface area contributed by atoms with Crippen molar-refractivity contribution in [1.29, 1.82) is 5.26 Å². The van der Waals surface area contributed by atoms with E-state index in [-0.39, 0.29) is 17.4 Å². The molecule has 1 amide bonds. The number of Topliss-reactive ketones (excluding diaryl/α,β-unsaturated/α-hetero) is 1. The summed E-state index contributed by atoms with van der Waals surface area (Å²) < 4.78 is 0. The molecule has 1 aliphatic carbocycles. The van der Waals surface area contributed by atoms with Crippen molar-refractivity contribution < 1.29 is 9.59 Å². The normalized spacial score (nSPS) is 17.9. The highest BCUT2D eigenvalue weighted by Gasteiger charge is 2.37. The van der Waals surface area contributed by atoms with Gasteiger partial charge in [-0.3, -0.25) is 9.59 Å². The molecule has 0 aromatic heterocycles. The van der Waals surface area contributed by atoms with Crippen LogP contribution in [-0.2, 0) is 9.59 Å². The molecular formula is C27H27N3O2S. The van der Waals surface area contributed by atoms with Crippen LogP contribution >= 0.6 is 11.8 Å². The molecule has 0 spiro atoms. The summed E-state index contributed by atoms with van der Waals surface area (Å²) in [5.74, 6) is -0.276. The minimum absolute atomic E-state index is 0.0959. The molecule has 1 heterocycles. The number of hydrogen-bond donors (Lipinski definition) is 2. The molecule has 0 unspecified atom stereocenters. The van der Waals surface area contributed by atoms with E-state index < -0.39 is 5.92 Å². The summed E-state index contributed by atoms with van der Waals surface area (Å²) >= 11 is 1.31. The average Bonchev–Trinajstić information content (AvgIpc) is 2.80. The van der Waals surface area contributed by atoms with E-state index in [1.54, 1.807) is 0 Å². The highest BCUT2D eigenvalue weighted by molar-refractivity contribution is 8.03. The monoisotopic (exact) mass is 457 g/mol. The molecule has 5 nitrogen and oxygen atoms in total. The number of benzene rings is 2. The van der Waals surface area contributed by atoms with E-state index in [4.69, 9.17) is 0 Å². The predicted molar refractivity (Wildman–Crippen MR) is 133 cm³/mol. The van der Waals surface area contributed by atoms with Gasteiger partial charge in [0.2, 0.25) is 5.91 Å². The van der Waals surface area contributed by atoms with E-state index in [1.165, 1.54) is 17.3 Å². The molecule has 168 valence electrons. The maximum atomic E-state index is 12.9. The average molecular weight is 458 g/mol. The second-order valence-electron chi connectivity index (χ2n) is 8.63. The lowest BCUT2D eigenvalue weighted by Crippen LogP contribution is -2.31. The van der Waals surface area contributed by atoms with Gasteiger partial charge in [0.1, 0.15) is 0 Å². The van der Waals surface area contributed by atoms with Crippen molar-refractivity contribution in [2.75, 3.05) is 11.1 Å². The zero-order valence-corrected chi connectivity index (χ0v) is 19.9. The maximum Gasteiger partial charge on any atom is 0.234 e. The number of hydrogen-bond acceptors (Lipinski definition) is 5. The molecule has 2 N–H and O–H groups in total. The van der Waals surface area contributed by atoms with Gasteiger partial charge >= 0.3 is 0 Å². The molecule has 0 fully saturated rings. The zero-order chi connectivity index (χ0) is 23.5. The van der Waals surface area contributed by atoms with E-state index in [1.807, 2.05) is 63.2 Å². The van der Waals surface area contributed by atoms with Crippen molar-refractivity contribution >= 4 is 29.1 Å². The third-order valence-electron chi connectivity index (χ3n) is 6.21. The van der Waals surface area contributed by atoms with Crippen LogP contribution in [0.1, 0.15) is 47.4 Å². The van der Waals surface area contributed by atoms with Crippen LogP contribution < -0.4 is 10.6 Å². The lowest BCUT2D eigenvalue weighted by molar-refractivity contribution is -0.116. The van der Waals surface area contributed by atoms with Crippen LogP contribution in [-0.4, -0.2) is 17.4 Å². The van der Waals surface area contributed by atoms with Crippen molar-refractivity contribution in [3.05, 3.63) is 86.6 Å². The molecule has 6 heteroatoms.